The van der Waals surface area contributed by atoms with Crippen molar-refractivity contribution in [1.82, 2.24) is 9.97 Å². The average molecular weight is 349 g/mol. The highest BCUT2D eigenvalue weighted by atomic mass is 32.1. The first kappa shape index (κ1) is 16.3. The van der Waals surface area contributed by atoms with E-state index in [1.165, 1.54) is 12.4 Å². The molecule has 0 aliphatic heterocycles. The summed E-state index contributed by atoms with van der Waals surface area (Å²) in [6.45, 7) is 4.02. The molecule has 2 aromatic heterocycles. The number of aryl methyl sites for hydroxylation is 1. The molecule has 0 spiro atoms. The van der Waals surface area contributed by atoms with Crippen LogP contribution in [0.15, 0.2) is 24.5 Å². The Morgan fingerprint density at radius 3 is 2.83 bits per heavy atom. The monoisotopic (exact) mass is 349 g/mol. The molecule has 1 N–H and O–H groups in total. The molecule has 0 saturated heterocycles. The number of rotatable bonds is 4. The Morgan fingerprint density at radius 2 is 2.12 bits per heavy atom. The Bertz CT molecular complexity index is 927. The smallest absolute Gasteiger partial charge is 0.266 e. The Hall–Kier alpha value is -2.61. The fourth-order valence-corrected chi connectivity index (χ4v) is 3.31. The first-order valence-corrected chi connectivity index (χ1v) is 7.96. The summed E-state index contributed by atoms with van der Waals surface area (Å²) in [5.74, 6) is -1.64. The number of ether oxygens (including phenoxy) is 1. The van der Waals surface area contributed by atoms with E-state index in [9.17, 15) is 13.6 Å². The molecule has 2 heterocycles. The molecule has 3 aromatic rings. The van der Waals surface area contributed by atoms with Gasteiger partial charge in [0.2, 0.25) is 5.88 Å². The molecule has 0 saturated carbocycles. The molecule has 0 aliphatic rings. The molecule has 0 radical (unpaired) electrons. The number of nitrogens with one attached hydrogen (secondary N) is 1. The van der Waals surface area contributed by atoms with Gasteiger partial charge in [-0.15, -0.1) is 11.3 Å². The van der Waals surface area contributed by atoms with Crippen LogP contribution in [0.2, 0.25) is 0 Å². The van der Waals surface area contributed by atoms with E-state index in [1.54, 1.807) is 6.92 Å². The van der Waals surface area contributed by atoms with Gasteiger partial charge < -0.3 is 10.1 Å². The van der Waals surface area contributed by atoms with Crippen molar-refractivity contribution in [1.29, 1.82) is 0 Å². The van der Waals surface area contributed by atoms with Crippen molar-refractivity contribution < 1.29 is 18.3 Å². The molecule has 8 heteroatoms. The van der Waals surface area contributed by atoms with Gasteiger partial charge in [-0.3, -0.25) is 4.79 Å². The van der Waals surface area contributed by atoms with E-state index in [1.807, 2.05) is 6.92 Å². The second kappa shape index (κ2) is 6.48. The zero-order valence-corrected chi connectivity index (χ0v) is 13.7. The number of anilines is 1. The Balaban J connectivity index is 1.98. The quantitative estimate of drug-likeness (QED) is 0.775. The van der Waals surface area contributed by atoms with E-state index >= 15 is 0 Å². The van der Waals surface area contributed by atoms with Crippen molar-refractivity contribution in [2.24, 2.45) is 0 Å². The van der Waals surface area contributed by atoms with Crippen molar-refractivity contribution >= 4 is 33.1 Å². The lowest BCUT2D eigenvalue weighted by Gasteiger charge is -2.06. The predicted octanol–water partition coefficient (Wildman–Crippen LogP) is 3.93. The zero-order chi connectivity index (χ0) is 17.3. The Labute approximate surface area is 140 Å². The van der Waals surface area contributed by atoms with E-state index in [4.69, 9.17) is 4.74 Å². The summed E-state index contributed by atoms with van der Waals surface area (Å²) in [5, 5.41) is 3.11. The third-order valence-electron chi connectivity index (χ3n) is 3.36. The first-order valence-electron chi connectivity index (χ1n) is 7.14. The lowest BCUT2D eigenvalue weighted by atomic mass is 10.2. The number of hydrogen-bond donors (Lipinski definition) is 1. The zero-order valence-electron chi connectivity index (χ0n) is 12.9. The minimum atomic E-state index is -0.836. The fourth-order valence-electron chi connectivity index (χ4n) is 2.27. The molecule has 0 atom stereocenters. The molecule has 124 valence electrons. The third-order valence-corrected chi connectivity index (χ3v) is 4.56. The van der Waals surface area contributed by atoms with Gasteiger partial charge in [-0.05, 0) is 31.5 Å². The molecule has 0 aliphatic carbocycles. The van der Waals surface area contributed by atoms with Gasteiger partial charge in [-0.1, -0.05) is 0 Å². The number of carbonyl (C=O) groups excluding carboxylic acids is 1. The standard InChI is InChI=1S/C16H13F2N3O2S/c1-3-23-15-12-8(2)13(24-16(12)20-7-19-15)14(22)21-11-5-4-9(17)6-10(11)18/h4-7H,3H2,1-2H3,(H,21,22). The minimum absolute atomic E-state index is 0.0885. The van der Waals surface area contributed by atoms with Crippen LogP contribution in [0.4, 0.5) is 14.5 Å². The van der Waals surface area contributed by atoms with Gasteiger partial charge in [0.25, 0.3) is 5.91 Å². The van der Waals surface area contributed by atoms with Crippen molar-refractivity contribution in [3.8, 4) is 5.88 Å². The summed E-state index contributed by atoms with van der Waals surface area (Å²) < 4.78 is 32.1. The minimum Gasteiger partial charge on any atom is -0.477 e. The number of halogens is 2. The first-order chi connectivity index (χ1) is 11.5. The fraction of sp³-hybridized carbons (Fsp3) is 0.188. The van der Waals surface area contributed by atoms with Gasteiger partial charge in [-0.25, -0.2) is 18.7 Å². The van der Waals surface area contributed by atoms with Gasteiger partial charge in [0.15, 0.2) is 0 Å². The third kappa shape index (κ3) is 2.92. The number of aromatic nitrogens is 2. The van der Waals surface area contributed by atoms with Crippen molar-refractivity contribution in [3.63, 3.8) is 0 Å². The number of nitrogens with zero attached hydrogens (tertiary/aromatic N) is 2. The number of hydrogen-bond acceptors (Lipinski definition) is 5. The number of benzene rings is 1. The number of amides is 1. The molecular formula is C16H13F2N3O2S. The summed E-state index contributed by atoms with van der Waals surface area (Å²) in [5.41, 5.74) is 0.563. The topological polar surface area (TPSA) is 64.1 Å². The molecule has 1 amide bonds. The van der Waals surface area contributed by atoms with Crippen LogP contribution in [0.3, 0.4) is 0 Å². The van der Waals surface area contributed by atoms with Crippen LogP contribution in [-0.4, -0.2) is 22.5 Å². The van der Waals surface area contributed by atoms with Crippen molar-refractivity contribution in [2.45, 2.75) is 13.8 Å². The SMILES string of the molecule is CCOc1ncnc2sc(C(=O)Nc3ccc(F)cc3F)c(C)c12. The lowest BCUT2D eigenvalue weighted by Crippen LogP contribution is -2.12. The lowest BCUT2D eigenvalue weighted by molar-refractivity contribution is 0.102. The summed E-state index contributed by atoms with van der Waals surface area (Å²) in [6.07, 6.45) is 1.37. The molecule has 0 bridgehead atoms. The predicted molar refractivity (Wildman–Crippen MR) is 87.6 cm³/mol. The van der Waals surface area contributed by atoms with E-state index < -0.39 is 17.5 Å². The second-order valence-electron chi connectivity index (χ2n) is 4.93. The number of fused-ring (bicyclic) bond motifs is 1. The van der Waals surface area contributed by atoms with Gasteiger partial charge in [0.1, 0.15) is 22.8 Å². The van der Waals surface area contributed by atoms with Crippen LogP contribution in [-0.2, 0) is 0 Å². The van der Waals surface area contributed by atoms with Gasteiger partial charge >= 0.3 is 0 Å². The van der Waals surface area contributed by atoms with Gasteiger partial charge in [0.05, 0.1) is 22.6 Å². The Kier molecular flexibility index (Phi) is 4.39. The molecule has 5 nitrogen and oxygen atoms in total. The van der Waals surface area contributed by atoms with Crippen LogP contribution in [0.1, 0.15) is 22.2 Å². The van der Waals surface area contributed by atoms with E-state index in [2.05, 4.69) is 15.3 Å². The van der Waals surface area contributed by atoms with Crippen LogP contribution in [0, 0.1) is 18.6 Å². The highest BCUT2D eigenvalue weighted by molar-refractivity contribution is 7.20. The maximum Gasteiger partial charge on any atom is 0.266 e. The Morgan fingerprint density at radius 1 is 1.33 bits per heavy atom. The van der Waals surface area contributed by atoms with E-state index in [0.29, 0.717) is 39.2 Å². The summed E-state index contributed by atoms with van der Waals surface area (Å²) in [7, 11) is 0. The average Bonchev–Trinajstić information content (AvgIpc) is 2.88. The van der Waals surface area contributed by atoms with Crippen LogP contribution >= 0.6 is 11.3 Å². The second-order valence-corrected chi connectivity index (χ2v) is 5.93. The highest BCUT2D eigenvalue weighted by Gasteiger charge is 2.20. The molecule has 0 unspecified atom stereocenters. The molecule has 1 aromatic carbocycles. The molecular weight excluding hydrogens is 336 g/mol. The van der Waals surface area contributed by atoms with Gasteiger partial charge in [0, 0.05) is 6.07 Å². The number of thiophene rings is 1. The maximum absolute atomic E-state index is 13.7. The maximum atomic E-state index is 13.7. The largest absolute Gasteiger partial charge is 0.477 e. The van der Waals surface area contributed by atoms with Crippen LogP contribution in [0.5, 0.6) is 5.88 Å². The molecule has 3 rings (SSSR count). The molecule has 0 fully saturated rings. The normalized spacial score (nSPS) is 10.8. The van der Waals surface area contributed by atoms with Crippen LogP contribution < -0.4 is 10.1 Å². The summed E-state index contributed by atoms with van der Waals surface area (Å²) in [6, 6.07) is 2.97. The highest BCUT2D eigenvalue weighted by Crippen LogP contribution is 2.34. The molecule has 24 heavy (non-hydrogen) atoms. The van der Waals surface area contributed by atoms with Gasteiger partial charge in [-0.2, -0.15) is 0 Å². The van der Waals surface area contributed by atoms with E-state index in [0.717, 1.165) is 17.4 Å². The van der Waals surface area contributed by atoms with Crippen molar-refractivity contribution in [2.75, 3.05) is 11.9 Å². The van der Waals surface area contributed by atoms with Crippen LogP contribution in [0.25, 0.3) is 10.2 Å². The summed E-state index contributed by atoms with van der Waals surface area (Å²) in [4.78, 5) is 21.7. The van der Waals surface area contributed by atoms with E-state index in [-0.39, 0.29) is 5.69 Å². The summed E-state index contributed by atoms with van der Waals surface area (Å²) >= 11 is 1.16. The van der Waals surface area contributed by atoms with Crippen molar-refractivity contribution in [3.05, 3.63) is 46.6 Å². The number of carbonyl (C=O) groups is 1.